The van der Waals surface area contributed by atoms with Gasteiger partial charge < -0.3 is 5.32 Å². The third-order valence-corrected chi connectivity index (χ3v) is 4.49. The van der Waals surface area contributed by atoms with Crippen molar-refractivity contribution in [1.29, 1.82) is 0 Å². The Morgan fingerprint density at radius 2 is 2.33 bits per heavy atom. The Morgan fingerprint density at radius 1 is 1.53 bits per heavy atom. The van der Waals surface area contributed by atoms with E-state index in [2.05, 4.69) is 52.1 Å². The summed E-state index contributed by atoms with van der Waals surface area (Å²) in [5, 5.41) is 3.51. The summed E-state index contributed by atoms with van der Waals surface area (Å²) in [5.41, 5.74) is 0. The summed E-state index contributed by atoms with van der Waals surface area (Å²) < 4.78 is 1.23. The highest BCUT2D eigenvalue weighted by atomic mass is 79.9. The van der Waals surface area contributed by atoms with Crippen LogP contribution in [0.2, 0.25) is 0 Å². The molecular weight excluding hydrogens is 272 g/mol. The Balaban J connectivity index is 1.98. The Hall–Kier alpha value is 0.1000. The van der Waals surface area contributed by atoms with Crippen molar-refractivity contribution in [3.63, 3.8) is 0 Å². The lowest BCUT2D eigenvalue weighted by Crippen LogP contribution is -2.53. The van der Waals surface area contributed by atoms with Crippen LogP contribution in [0.5, 0.6) is 0 Å². The van der Waals surface area contributed by atoms with Crippen LogP contribution in [0.3, 0.4) is 0 Å². The van der Waals surface area contributed by atoms with E-state index in [0.717, 1.165) is 19.6 Å². The minimum absolute atomic E-state index is 0.615. The van der Waals surface area contributed by atoms with Gasteiger partial charge in [-0.1, -0.05) is 0 Å². The third kappa shape index (κ3) is 3.03. The molecule has 2 rings (SSSR count). The van der Waals surface area contributed by atoms with E-state index in [1.54, 1.807) is 0 Å². The quantitative estimate of drug-likeness (QED) is 0.900. The highest BCUT2D eigenvalue weighted by molar-refractivity contribution is 9.11. The van der Waals surface area contributed by atoms with Crippen molar-refractivity contribution in [2.24, 2.45) is 0 Å². The number of nitrogens with one attached hydrogen (secondary N) is 1. The molecule has 15 heavy (non-hydrogen) atoms. The molecule has 1 aromatic heterocycles. The van der Waals surface area contributed by atoms with Crippen LogP contribution in [-0.4, -0.2) is 30.1 Å². The third-order valence-electron chi connectivity index (χ3n) is 2.88. The van der Waals surface area contributed by atoms with Gasteiger partial charge in [-0.15, -0.1) is 11.3 Å². The maximum absolute atomic E-state index is 3.51. The second kappa shape index (κ2) is 4.95. The smallest absolute Gasteiger partial charge is 0.0701 e. The second-order valence-electron chi connectivity index (χ2n) is 4.29. The first kappa shape index (κ1) is 11.6. The van der Waals surface area contributed by atoms with Crippen LogP contribution in [0.15, 0.2) is 15.9 Å². The number of thiophene rings is 1. The van der Waals surface area contributed by atoms with Crippen LogP contribution in [0.4, 0.5) is 0 Å². The zero-order chi connectivity index (χ0) is 10.8. The molecule has 1 aliphatic rings. The van der Waals surface area contributed by atoms with Crippen molar-refractivity contribution in [2.75, 3.05) is 13.1 Å². The van der Waals surface area contributed by atoms with E-state index in [4.69, 9.17) is 0 Å². The van der Waals surface area contributed by atoms with Crippen molar-refractivity contribution in [2.45, 2.75) is 32.5 Å². The number of hydrogen-bond acceptors (Lipinski definition) is 3. The van der Waals surface area contributed by atoms with Gasteiger partial charge in [-0.25, -0.2) is 0 Å². The van der Waals surface area contributed by atoms with Crippen LogP contribution >= 0.6 is 27.3 Å². The summed E-state index contributed by atoms with van der Waals surface area (Å²) in [5.74, 6) is 0. The van der Waals surface area contributed by atoms with Crippen LogP contribution in [-0.2, 0) is 6.54 Å². The Kier molecular flexibility index (Phi) is 3.83. The van der Waals surface area contributed by atoms with Crippen LogP contribution in [0.25, 0.3) is 0 Å². The normalized spacial score (nSPS) is 28.2. The van der Waals surface area contributed by atoms with E-state index in [0.29, 0.717) is 12.1 Å². The lowest BCUT2D eigenvalue weighted by Gasteiger charge is -2.37. The van der Waals surface area contributed by atoms with Crippen LogP contribution < -0.4 is 5.32 Å². The molecule has 0 radical (unpaired) electrons. The molecule has 1 fully saturated rings. The highest BCUT2D eigenvalue weighted by Gasteiger charge is 2.22. The molecule has 4 heteroatoms. The summed E-state index contributed by atoms with van der Waals surface area (Å²) in [7, 11) is 0. The number of rotatable bonds is 2. The monoisotopic (exact) mass is 288 g/mol. The molecule has 84 valence electrons. The van der Waals surface area contributed by atoms with Gasteiger partial charge in [0.25, 0.3) is 0 Å². The number of nitrogens with zero attached hydrogens (tertiary/aromatic N) is 1. The van der Waals surface area contributed by atoms with Crippen molar-refractivity contribution < 1.29 is 0 Å². The minimum atomic E-state index is 0.615. The molecule has 1 saturated heterocycles. The molecule has 1 aromatic rings. The van der Waals surface area contributed by atoms with Gasteiger partial charge in [0.15, 0.2) is 0 Å². The standard InChI is InChI=1S/C11H17BrN2S/c1-8-6-14(9(2)5-13-8)7-10-3-4-11(12)15-10/h3-4,8-9,13H,5-7H2,1-2H3. The maximum Gasteiger partial charge on any atom is 0.0701 e. The summed E-state index contributed by atoms with van der Waals surface area (Å²) in [6, 6.07) is 5.61. The number of piperazine rings is 1. The number of halogens is 1. The fourth-order valence-corrected chi connectivity index (χ4v) is 3.46. The minimum Gasteiger partial charge on any atom is -0.311 e. The molecule has 2 nitrogen and oxygen atoms in total. The molecule has 0 aromatic carbocycles. The molecule has 0 aliphatic carbocycles. The van der Waals surface area contributed by atoms with Crippen molar-refractivity contribution in [3.05, 3.63) is 20.8 Å². The fraction of sp³-hybridized carbons (Fsp3) is 0.636. The molecule has 1 aliphatic heterocycles. The maximum atomic E-state index is 3.51. The van der Waals surface area contributed by atoms with E-state index in [-0.39, 0.29) is 0 Å². The van der Waals surface area contributed by atoms with Crippen LogP contribution in [0, 0.1) is 0 Å². The predicted molar refractivity (Wildman–Crippen MR) is 69.4 cm³/mol. The molecule has 2 atom stereocenters. The predicted octanol–water partition coefficient (Wildman–Crippen LogP) is 2.69. The lowest BCUT2D eigenvalue weighted by molar-refractivity contribution is 0.140. The first-order valence-corrected chi connectivity index (χ1v) is 6.98. The van der Waals surface area contributed by atoms with E-state index < -0.39 is 0 Å². The van der Waals surface area contributed by atoms with Crippen LogP contribution in [0.1, 0.15) is 18.7 Å². The molecule has 1 N–H and O–H groups in total. The summed E-state index contributed by atoms with van der Waals surface area (Å²) in [4.78, 5) is 4.00. The molecule has 0 amide bonds. The lowest BCUT2D eigenvalue weighted by atomic mass is 10.1. The first-order chi connectivity index (χ1) is 7.15. The summed E-state index contributed by atoms with van der Waals surface area (Å²) in [6.45, 7) is 7.89. The van der Waals surface area contributed by atoms with E-state index in [1.807, 2.05) is 11.3 Å². The Bertz CT molecular complexity index is 326. The van der Waals surface area contributed by atoms with Gasteiger partial charge in [-0.3, -0.25) is 4.90 Å². The first-order valence-electron chi connectivity index (χ1n) is 5.37. The zero-order valence-electron chi connectivity index (χ0n) is 9.16. The molecular formula is C11H17BrN2S. The molecule has 0 bridgehead atoms. The fourth-order valence-electron chi connectivity index (χ4n) is 1.95. The van der Waals surface area contributed by atoms with E-state index in [9.17, 15) is 0 Å². The zero-order valence-corrected chi connectivity index (χ0v) is 11.6. The molecule has 0 spiro atoms. The second-order valence-corrected chi connectivity index (χ2v) is 6.84. The molecule has 2 unspecified atom stereocenters. The average Bonchev–Trinajstić information content (AvgIpc) is 2.58. The Labute approximate surface area is 104 Å². The summed E-state index contributed by atoms with van der Waals surface area (Å²) in [6.07, 6.45) is 0. The SMILES string of the molecule is CC1CN(Cc2ccc(Br)s2)C(C)CN1. The van der Waals surface area contributed by atoms with Crippen molar-refractivity contribution in [1.82, 2.24) is 10.2 Å². The number of hydrogen-bond donors (Lipinski definition) is 1. The molecule has 2 heterocycles. The van der Waals surface area contributed by atoms with Gasteiger partial charge in [0, 0.05) is 36.6 Å². The van der Waals surface area contributed by atoms with Gasteiger partial charge in [-0.05, 0) is 41.9 Å². The average molecular weight is 289 g/mol. The topological polar surface area (TPSA) is 15.3 Å². The van der Waals surface area contributed by atoms with Gasteiger partial charge in [0.05, 0.1) is 3.79 Å². The van der Waals surface area contributed by atoms with Gasteiger partial charge in [-0.2, -0.15) is 0 Å². The van der Waals surface area contributed by atoms with Gasteiger partial charge >= 0.3 is 0 Å². The largest absolute Gasteiger partial charge is 0.311 e. The van der Waals surface area contributed by atoms with E-state index in [1.165, 1.54) is 8.66 Å². The van der Waals surface area contributed by atoms with E-state index >= 15 is 0 Å². The van der Waals surface area contributed by atoms with Crippen molar-refractivity contribution in [3.8, 4) is 0 Å². The van der Waals surface area contributed by atoms with Gasteiger partial charge in [0.2, 0.25) is 0 Å². The molecule has 0 saturated carbocycles. The highest BCUT2D eigenvalue weighted by Crippen LogP contribution is 2.24. The van der Waals surface area contributed by atoms with Gasteiger partial charge in [0.1, 0.15) is 0 Å². The summed E-state index contributed by atoms with van der Waals surface area (Å²) >= 11 is 5.35. The Morgan fingerprint density at radius 3 is 3.00 bits per heavy atom. The van der Waals surface area contributed by atoms with Crippen molar-refractivity contribution >= 4 is 27.3 Å².